The number of thiocarbonyl (C=S) groups is 1. The topological polar surface area (TPSA) is 45.6 Å². The first-order chi connectivity index (χ1) is 10.2. The van der Waals surface area contributed by atoms with Gasteiger partial charge in [-0.05, 0) is 54.2 Å². The third-order valence-corrected chi connectivity index (χ3v) is 3.04. The second kappa shape index (κ2) is 7.61. The van der Waals surface area contributed by atoms with Gasteiger partial charge in [0.05, 0.1) is 13.3 Å². The van der Waals surface area contributed by atoms with Crippen LogP contribution in [0.3, 0.4) is 0 Å². The Labute approximate surface area is 133 Å². The standard InChI is InChI=1S/C15H14ClN3OS/c1-20-14-8-6-13(7-9-14)18-15(21)19-17-10-11-2-4-12(16)5-3-11/h2-10H,1H3,(H2,18,19,21)/b17-10+. The minimum absolute atomic E-state index is 0.408. The molecular formula is C15H14ClN3OS. The van der Waals surface area contributed by atoms with E-state index in [1.54, 1.807) is 25.5 Å². The number of nitrogens with one attached hydrogen (secondary N) is 2. The van der Waals surface area contributed by atoms with Gasteiger partial charge in [-0.15, -0.1) is 0 Å². The van der Waals surface area contributed by atoms with Crippen LogP contribution < -0.4 is 15.5 Å². The largest absolute Gasteiger partial charge is 0.497 e. The van der Waals surface area contributed by atoms with Gasteiger partial charge in [-0.3, -0.25) is 5.43 Å². The highest BCUT2D eigenvalue weighted by Gasteiger charge is 1.97. The number of methoxy groups -OCH3 is 1. The van der Waals surface area contributed by atoms with Crippen LogP contribution >= 0.6 is 23.8 Å². The first-order valence-corrected chi connectivity index (χ1v) is 6.95. The molecule has 0 aliphatic rings. The van der Waals surface area contributed by atoms with E-state index in [0.29, 0.717) is 10.1 Å². The number of anilines is 1. The minimum atomic E-state index is 0.408. The molecule has 0 aromatic heterocycles. The van der Waals surface area contributed by atoms with E-state index in [4.69, 9.17) is 28.6 Å². The minimum Gasteiger partial charge on any atom is -0.497 e. The summed E-state index contributed by atoms with van der Waals surface area (Å²) in [6, 6.07) is 14.8. The summed E-state index contributed by atoms with van der Waals surface area (Å²) in [4.78, 5) is 0. The molecule has 4 nitrogen and oxygen atoms in total. The van der Waals surface area contributed by atoms with Crippen molar-refractivity contribution >= 4 is 40.8 Å². The van der Waals surface area contributed by atoms with E-state index in [2.05, 4.69) is 15.8 Å². The van der Waals surface area contributed by atoms with E-state index < -0.39 is 0 Å². The molecule has 0 amide bonds. The van der Waals surface area contributed by atoms with Crippen LogP contribution in [0.2, 0.25) is 5.02 Å². The molecule has 0 saturated heterocycles. The predicted octanol–water partition coefficient (Wildman–Crippen LogP) is 3.67. The number of rotatable bonds is 4. The van der Waals surface area contributed by atoms with E-state index in [0.717, 1.165) is 17.0 Å². The zero-order chi connectivity index (χ0) is 15.1. The summed E-state index contributed by atoms with van der Waals surface area (Å²) in [7, 11) is 1.63. The quantitative estimate of drug-likeness (QED) is 0.513. The summed E-state index contributed by atoms with van der Waals surface area (Å²) in [6.45, 7) is 0. The van der Waals surface area contributed by atoms with Crippen molar-refractivity contribution in [2.24, 2.45) is 5.10 Å². The highest BCUT2D eigenvalue weighted by Crippen LogP contribution is 2.14. The summed E-state index contributed by atoms with van der Waals surface area (Å²) in [6.07, 6.45) is 1.67. The van der Waals surface area contributed by atoms with Crippen LogP contribution in [0.25, 0.3) is 0 Å². The van der Waals surface area contributed by atoms with Gasteiger partial charge in [0.2, 0.25) is 0 Å². The van der Waals surface area contributed by atoms with E-state index >= 15 is 0 Å². The SMILES string of the molecule is COc1ccc(NC(=S)N/N=C/c2ccc(Cl)cc2)cc1. The molecule has 108 valence electrons. The average molecular weight is 320 g/mol. The molecule has 0 aliphatic carbocycles. The molecule has 0 bridgehead atoms. The van der Waals surface area contributed by atoms with E-state index in [-0.39, 0.29) is 0 Å². The van der Waals surface area contributed by atoms with Crippen molar-refractivity contribution in [2.45, 2.75) is 0 Å². The Morgan fingerprint density at radius 1 is 1.14 bits per heavy atom. The number of ether oxygens (including phenoxy) is 1. The summed E-state index contributed by atoms with van der Waals surface area (Å²) in [5, 5.41) is 8.17. The fourth-order valence-electron chi connectivity index (χ4n) is 1.55. The van der Waals surface area contributed by atoms with Crippen molar-refractivity contribution in [1.82, 2.24) is 5.43 Å². The summed E-state index contributed by atoms with van der Waals surface area (Å²) >= 11 is 11.0. The number of hydrazone groups is 1. The van der Waals surface area contributed by atoms with Crippen molar-refractivity contribution in [3.63, 3.8) is 0 Å². The van der Waals surface area contributed by atoms with Gasteiger partial charge in [-0.25, -0.2) is 0 Å². The van der Waals surface area contributed by atoms with Gasteiger partial charge in [0, 0.05) is 10.7 Å². The molecule has 0 radical (unpaired) electrons. The number of hydrogen-bond donors (Lipinski definition) is 2. The van der Waals surface area contributed by atoms with Crippen molar-refractivity contribution in [1.29, 1.82) is 0 Å². The molecule has 0 unspecified atom stereocenters. The molecule has 0 atom stereocenters. The lowest BCUT2D eigenvalue weighted by Crippen LogP contribution is -2.23. The highest BCUT2D eigenvalue weighted by molar-refractivity contribution is 7.80. The first-order valence-electron chi connectivity index (χ1n) is 6.17. The van der Waals surface area contributed by atoms with Gasteiger partial charge >= 0.3 is 0 Å². The van der Waals surface area contributed by atoms with Crippen LogP contribution in [-0.2, 0) is 0 Å². The Hall–Kier alpha value is -2.11. The smallest absolute Gasteiger partial charge is 0.191 e. The Morgan fingerprint density at radius 3 is 2.43 bits per heavy atom. The van der Waals surface area contributed by atoms with Crippen molar-refractivity contribution in [2.75, 3.05) is 12.4 Å². The van der Waals surface area contributed by atoms with Crippen LogP contribution in [-0.4, -0.2) is 18.4 Å². The van der Waals surface area contributed by atoms with Gasteiger partial charge in [0.1, 0.15) is 5.75 Å². The van der Waals surface area contributed by atoms with Gasteiger partial charge in [0.25, 0.3) is 0 Å². The molecule has 0 heterocycles. The molecule has 2 aromatic carbocycles. The van der Waals surface area contributed by atoms with Crippen molar-refractivity contribution in [3.8, 4) is 5.75 Å². The summed E-state index contributed by atoms with van der Waals surface area (Å²) < 4.78 is 5.09. The third kappa shape index (κ3) is 5.06. The molecule has 21 heavy (non-hydrogen) atoms. The number of halogens is 1. The maximum atomic E-state index is 5.81. The second-order valence-electron chi connectivity index (χ2n) is 4.10. The maximum Gasteiger partial charge on any atom is 0.191 e. The Balaban J connectivity index is 1.85. The van der Waals surface area contributed by atoms with Crippen LogP contribution in [0.15, 0.2) is 53.6 Å². The molecule has 6 heteroatoms. The Morgan fingerprint density at radius 2 is 1.81 bits per heavy atom. The molecule has 0 aliphatic heterocycles. The molecule has 0 spiro atoms. The number of nitrogens with zero attached hydrogens (tertiary/aromatic N) is 1. The van der Waals surface area contributed by atoms with Crippen LogP contribution in [0, 0.1) is 0 Å². The zero-order valence-electron chi connectivity index (χ0n) is 11.3. The molecule has 0 saturated carbocycles. The van der Waals surface area contributed by atoms with E-state index in [1.807, 2.05) is 36.4 Å². The van der Waals surface area contributed by atoms with Crippen molar-refractivity contribution in [3.05, 3.63) is 59.1 Å². The fraction of sp³-hybridized carbons (Fsp3) is 0.0667. The van der Waals surface area contributed by atoms with Crippen LogP contribution in [0.5, 0.6) is 5.75 Å². The number of hydrogen-bond acceptors (Lipinski definition) is 3. The molecule has 2 N–H and O–H groups in total. The normalized spacial score (nSPS) is 10.4. The predicted molar refractivity (Wildman–Crippen MR) is 91.4 cm³/mol. The van der Waals surface area contributed by atoms with E-state index in [9.17, 15) is 0 Å². The molecule has 0 fully saturated rings. The Kier molecular flexibility index (Phi) is 5.54. The lowest BCUT2D eigenvalue weighted by atomic mass is 10.2. The number of benzene rings is 2. The first kappa shape index (κ1) is 15.3. The Bertz CT molecular complexity index is 626. The lowest BCUT2D eigenvalue weighted by molar-refractivity contribution is 0.415. The van der Waals surface area contributed by atoms with Crippen molar-refractivity contribution < 1.29 is 4.74 Å². The average Bonchev–Trinajstić information content (AvgIpc) is 2.50. The molecule has 2 aromatic rings. The monoisotopic (exact) mass is 319 g/mol. The van der Waals surface area contributed by atoms with Gasteiger partial charge < -0.3 is 10.1 Å². The van der Waals surface area contributed by atoms with Gasteiger partial charge in [0.15, 0.2) is 5.11 Å². The fourth-order valence-corrected chi connectivity index (χ4v) is 1.84. The summed E-state index contributed by atoms with van der Waals surface area (Å²) in [5.41, 5.74) is 4.53. The molecule has 2 rings (SSSR count). The molecular weight excluding hydrogens is 306 g/mol. The van der Waals surface area contributed by atoms with Crippen LogP contribution in [0.4, 0.5) is 5.69 Å². The third-order valence-electron chi connectivity index (χ3n) is 2.60. The van der Waals surface area contributed by atoms with Gasteiger partial charge in [-0.2, -0.15) is 5.10 Å². The lowest BCUT2D eigenvalue weighted by Gasteiger charge is -2.07. The second-order valence-corrected chi connectivity index (χ2v) is 4.95. The van der Waals surface area contributed by atoms with Gasteiger partial charge in [-0.1, -0.05) is 23.7 Å². The maximum absolute atomic E-state index is 5.81. The highest BCUT2D eigenvalue weighted by atomic mass is 35.5. The summed E-state index contributed by atoms with van der Waals surface area (Å²) in [5.74, 6) is 0.792. The zero-order valence-corrected chi connectivity index (χ0v) is 12.9. The van der Waals surface area contributed by atoms with E-state index in [1.165, 1.54) is 0 Å². The van der Waals surface area contributed by atoms with Crippen LogP contribution in [0.1, 0.15) is 5.56 Å².